The first-order chi connectivity index (χ1) is 20.5. The maximum absolute atomic E-state index is 12.4. The first-order valence-corrected chi connectivity index (χ1v) is 13.4. The third-order valence-electron chi connectivity index (χ3n) is 7.42. The number of fused-ring (bicyclic) bond motifs is 3. The predicted molar refractivity (Wildman–Crippen MR) is 155 cm³/mol. The number of carbonyl (C=O) groups excluding carboxylic acids is 1. The third kappa shape index (κ3) is 4.64. The van der Waals surface area contributed by atoms with Gasteiger partial charge in [0.2, 0.25) is 5.82 Å². The van der Waals surface area contributed by atoms with E-state index >= 15 is 0 Å². The summed E-state index contributed by atoms with van der Waals surface area (Å²) in [5.74, 6) is 7.19. The van der Waals surface area contributed by atoms with Crippen LogP contribution in [0.4, 0.5) is 17.3 Å². The monoisotopic (exact) mass is 559 g/mol. The Labute approximate surface area is 240 Å². The van der Waals surface area contributed by atoms with Crippen molar-refractivity contribution in [2.75, 3.05) is 35.2 Å². The molecule has 208 valence electrons. The largest absolute Gasteiger partial charge is 0.507 e. The maximum atomic E-state index is 12.4. The average Bonchev–Trinajstić information content (AvgIpc) is 3.46. The summed E-state index contributed by atoms with van der Waals surface area (Å²) < 4.78 is 1.54. The number of aromatic hydroxyl groups is 1. The van der Waals surface area contributed by atoms with Crippen LogP contribution in [-0.2, 0) is 0 Å². The smallest absolute Gasteiger partial charge is 0.272 e. The Bertz CT molecular complexity index is 1830. The van der Waals surface area contributed by atoms with Crippen LogP contribution in [0, 0.1) is 11.8 Å². The van der Waals surface area contributed by atoms with Gasteiger partial charge in [0, 0.05) is 55.4 Å². The van der Waals surface area contributed by atoms with Gasteiger partial charge in [0.1, 0.15) is 11.6 Å². The number of hydrogen-bond donors (Lipinski definition) is 3. The number of carbonyl (C=O) groups is 1. The van der Waals surface area contributed by atoms with Gasteiger partial charge in [-0.1, -0.05) is 18.1 Å². The molecule has 3 saturated heterocycles. The highest BCUT2D eigenvalue weighted by Gasteiger charge is 2.46. The molecule has 2 unspecified atom stereocenters. The number of nitrogens with zero attached hydrogens (tertiary/aromatic N) is 9. The van der Waals surface area contributed by atoms with Gasteiger partial charge in [0.15, 0.2) is 17.2 Å². The van der Waals surface area contributed by atoms with E-state index in [2.05, 4.69) is 57.2 Å². The van der Waals surface area contributed by atoms with Crippen LogP contribution < -0.4 is 20.9 Å². The lowest BCUT2D eigenvalue weighted by Gasteiger charge is -2.57. The highest BCUT2D eigenvalue weighted by molar-refractivity contribution is 5.93. The summed E-state index contributed by atoms with van der Waals surface area (Å²) in [6, 6.07) is 14.6. The van der Waals surface area contributed by atoms with E-state index in [1.165, 1.54) is 0 Å². The van der Waals surface area contributed by atoms with Crippen molar-refractivity contribution in [3.63, 3.8) is 0 Å². The first kappa shape index (κ1) is 25.2. The molecule has 3 aliphatic heterocycles. The second-order valence-electron chi connectivity index (χ2n) is 10.0. The van der Waals surface area contributed by atoms with Crippen molar-refractivity contribution in [3.05, 3.63) is 78.6 Å². The number of benzene rings is 1. The fourth-order valence-corrected chi connectivity index (χ4v) is 5.47. The summed E-state index contributed by atoms with van der Waals surface area (Å²) >= 11 is 0. The van der Waals surface area contributed by atoms with E-state index < -0.39 is 0 Å². The van der Waals surface area contributed by atoms with Crippen LogP contribution in [0.3, 0.4) is 0 Å². The molecule has 42 heavy (non-hydrogen) atoms. The molecule has 7 heterocycles. The quantitative estimate of drug-likeness (QED) is 0.268. The van der Waals surface area contributed by atoms with Crippen LogP contribution in [0.1, 0.15) is 22.7 Å². The van der Waals surface area contributed by atoms with Crippen LogP contribution in [0.2, 0.25) is 0 Å². The number of phenols is 1. The molecule has 5 aromatic rings. The molecule has 13 nitrogen and oxygen atoms in total. The number of para-hydroxylation sites is 1. The summed E-state index contributed by atoms with van der Waals surface area (Å²) in [6.45, 7) is 1.62. The van der Waals surface area contributed by atoms with Crippen LogP contribution in [0.15, 0.2) is 67.1 Å². The first-order valence-electron chi connectivity index (χ1n) is 13.4. The zero-order chi connectivity index (χ0) is 28.6. The Morgan fingerprint density at radius 1 is 1.07 bits per heavy atom. The molecule has 8 rings (SSSR count). The minimum Gasteiger partial charge on any atom is -0.507 e. The molecule has 13 heteroatoms. The SMILES string of the molecule is Nc1nnc(-c2ccccc2O)cc1N1C2CC1CN(c1ccnc(C#CCNC(=O)c3cc4ncccn4n3)n1)C2. The Kier molecular flexibility index (Phi) is 6.20. The highest BCUT2D eigenvalue weighted by atomic mass is 16.3. The second kappa shape index (κ2) is 10.3. The molecule has 0 saturated carbocycles. The number of piperazine rings is 1. The normalized spacial score (nSPS) is 17.3. The van der Waals surface area contributed by atoms with Gasteiger partial charge in [-0.2, -0.15) is 5.10 Å². The van der Waals surface area contributed by atoms with Gasteiger partial charge in [-0.15, -0.1) is 10.2 Å². The summed E-state index contributed by atoms with van der Waals surface area (Å²) in [6.07, 6.45) is 6.09. The average molecular weight is 560 g/mol. The van der Waals surface area contributed by atoms with E-state index in [1.54, 1.807) is 53.4 Å². The molecule has 3 aliphatic rings. The molecule has 2 atom stereocenters. The van der Waals surface area contributed by atoms with E-state index in [0.717, 1.165) is 31.0 Å². The van der Waals surface area contributed by atoms with E-state index in [1.807, 2.05) is 18.2 Å². The number of anilines is 3. The van der Waals surface area contributed by atoms with Gasteiger partial charge in [-0.3, -0.25) is 4.79 Å². The number of nitrogen functional groups attached to an aromatic ring is 1. The molecule has 3 fully saturated rings. The lowest BCUT2D eigenvalue weighted by Crippen LogP contribution is -2.69. The molecule has 0 spiro atoms. The van der Waals surface area contributed by atoms with E-state index in [0.29, 0.717) is 28.5 Å². The van der Waals surface area contributed by atoms with Crippen molar-refractivity contribution in [2.24, 2.45) is 0 Å². The molecule has 4 aromatic heterocycles. The van der Waals surface area contributed by atoms with Crippen molar-refractivity contribution < 1.29 is 9.90 Å². The lowest BCUT2D eigenvalue weighted by molar-refractivity contribution is 0.0953. The fourth-order valence-electron chi connectivity index (χ4n) is 5.47. The molecule has 1 amide bonds. The molecular weight excluding hydrogens is 534 g/mol. The number of phenolic OH excluding ortho intramolecular Hbond substituents is 1. The van der Waals surface area contributed by atoms with Gasteiger partial charge in [-0.05, 0) is 42.7 Å². The van der Waals surface area contributed by atoms with Crippen molar-refractivity contribution >= 4 is 28.9 Å². The van der Waals surface area contributed by atoms with Crippen molar-refractivity contribution in [2.45, 2.75) is 18.5 Å². The van der Waals surface area contributed by atoms with Crippen LogP contribution >= 0.6 is 0 Å². The fraction of sp³-hybridized carbons (Fsp3) is 0.207. The third-order valence-corrected chi connectivity index (χ3v) is 7.42. The number of amides is 1. The number of hydrogen-bond acceptors (Lipinski definition) is 11. The van der Waals surface area contributed by atoms with Crippen molar-refractivity contribution in [3.8, 4) is 28.8 Å². The van der Waals surface area contributed by atoms with Crippen LogP contribution in [0.25, 0.3) is 16.9 Å². The Hall–Kier alpha value is -5.77. The Balaban J connectivity index is 1.00. The number of nitrogens with two attached hydrogens (primary N) is 1. The van der Waals surface area contributed by atoms with E-state index in [9.17, 15) is 9.90 Å². The van der Waals surface area contributed by atoms with E-state index in [-0.39, 0.29) is 36.0 Å². The van der Waals surface area contributed by atoms with Crippen LogP contribution in [0.5, 0.6) is 5.75 Å². The summed E-state index contributed by atoms with van der Waals surface area (Å²) in [7, 11) is 0. The topological polar surface area (TPSA) is 164 Å². The molecule has 1 aromatic carbocycles. The number of rotatable bonds is 5. The van der Waals surface area contributed by atoms with Gasteiger partial charge in [0.25, 0.3) is 5.91 Å². The van der Waals surface area contributed by atoms with Crippen molar-refractivity contribution in [1.82, 2.24) is 40.1 Å². The molecular formula is C29H25N11O2. The number of piperidine rings is 1. The van der Waals surface area contributed by atoms with Crippen LogP contribution in [-0.4, -0.2) is 77.5 Å². The minimum absolute atomic E-state index is 0.126. The molecule has 4 N–H and O–H groups in total. The number of nitrogens with one attached hydrogen (secondary N) is 1. The van der Waals surface area contributed by atoms with Gasteiger partial charge in [0.05, 0.1) is 17.9 Å². The number of aromatic nitrogens is 7. The highest BCUT2D eigenvalue weighted by Crippen LogP contribution is 2.41. The predicted octanol–water partition coefficient (Wildman–Crippen LogP) is 1.51. The van der Waals surface area contributed by atoms with Crippen molar-refractivity contribution in [1.29, 1.82) is 0 Å². The second-order valence-corrected chi connectivity index (χ2v) is 10.0. The Morgan fingerprint density at radius 3 is 2.76 bits per heavy atom. The summed E-state index contributed by atoms with van der Waals surface area (Å²) in [5.41, 5.74) is 9.12. The maximum Gasteiger partial charge on any atom is 0.272 e. The standard InChI is InChI=1S/C29H25N11O2/c30-28-23(14-21(35-36-28)20-5-1-2-6-24(20)41)40-18-13-19(40)17-38(16-18)26-8-11-31-25(34-26)7-3-9-33-29(42)22-15-27-32-10-4-12-39(27)37-22/h1-2,4-6,8,10-12,14-15,18-19,41H,9,13,16-17H2,(H2,30,36)(H,33,42). The molecule has 2 bridgehead atoms. The Morgan fingerprint density at radius 2 is 1.93 bits per heavy atom. The molecule has 0 radical (unpaired) electrons. The minimum atomic E-state index is -0.334. The zero-order valence-corrected chi connectivity index (χ0v) is 22.3. The molecule has 0 aliphatic carbocycles. The lowest BCUT2D eigenvalue weighted by atomic mass is 9.86. The van der Waals surface area contributed by atoms with Gasteiger partial charge < -0.3 is 26.0 Å². The van der Waals surface area contributed by atoms with Gasteiger partial charge >= 0.3 is 0 Å². The summed E-state index contributed by atoms with van der Waals surface area (Å²) in [4.78, 5) is 30.0. The summed E-state index contributed by atoms with van der Waals surface area (Å²) in [5, 5.41) is 25.6. The van der Waals surface area contributed by atoms with Gasteiger partial charge in [-0.25, -0.2) is 19.5 Å². The zero-order valence-electron chi connectivity index (χ0n) is 22.3. The van der Waals surface area contributed by atoms with E-state index in [4.69, 9.17) is 5.73 Å².